The number of hydrogen-bond donors (Lipinski definition) is 1. The molecule has 0 saturated carbocycles. The minimum atomic E-state index is -0.288. The van der Waals surface area contributed by atoms with Crippen molar-refractivity contribution in [3.63, 3.8) is 0 Å². The predicted molar refractivity (Wildman–Crippen MR) is 132 cm³/mol. The Bertz CT molecular complexity index is 1450. The number of ether oxygens (including phenoxy) is 3. The zero-order valence-corrected chi connectivity index (χ0v) is 20.2. The number of tetrazole rings is 1. The topological polar surface area (TPSA) is 107 Å². The Kier molecular flexibility index (Phi) is 6.54. The molecule has 6 rings (SSSR count). The third kappa shape index (κ3) is 5.32. The van der Waals surface area contributed by atoms with E-state index < -0.39 is 0 Å². The Balaban J connectivity index is 1.26. The first-order valence-electron chi connectivity index (χ1n) is 12.4. The highest BCUT2D eigenvalue weighted by Crippen LogP contribution is 2.33. The van der Waals surface area contributed by atoms with E-state index in [1.807, 2.05) is 18.2 Å². The lowest BCUT2D eigenvalue weighted by Gasteiger charge is -2.25. The number of aromatic nitrogens is 5. The number of H-pyrrole nitrogens is 1. The van der Waals surface area contributed by atoms with Gasteiger partial charge in [0.2, 0.25) is 0 Å². The lowest BCUT2D eigenvalue weighted by molar-refractivity contribution is 0.0663. The first-order chi connectivity index (χ1) is 18.1. The normalized spacial score (nSPS) is 17.1. The summed E-state index contributed by atoms with van der Waals surface area (Å²) in [6.07, 6.45) is 2.07. The van der Waals surface area contributed by atoms with Gasteiger partial charge in [-0.05, 0) is 53.1 Å². The van der Waals surface area contributed by atoms with Gasteiger partial charge in [-0.2, -0.15) is 0 Å². The van der Waals surface area contributed by atoms with Crippen LogP contribution in [0.15, 0.2) is 47.3 Å². The molecule has 0 unspecified atom stereocenters. The van der Waals surface area contributed by atoms with Gasteiger partial charge in [0.05, 0.1) is 24.7 Å². The van der Waals surface area contributed by atoms with Gasteiger partial charge in [0.25, 0.3) is 5.56 Å². The van der Waals surface area contributed by atoms with Crippen LogP contribution in [0.4, 0.5) is 4.39 Å². The van der Waals surface area contributed by atoms with Crippen molar-refractivity contribution >= 4 is 10.9 Å². The fraction of sp³-hybridized carbons (Fsp3) is 0.385. The Morgan fingerprint density at radius 2 is 1.86 bits per heavy atom. The Labute approximate surface area is 211 Å². The van der Waals surface area contributed by atoms with E-state index in [2.05, 4.69) is 25.4 Å². The molecule has 10 nitrogen and oxygen atoms in total. The monoisotopic (exact) mass is 506 g/mol. The second kappa shape index (κ2) is 10.3. The summed E-state index contributed by atoms with van der Waals surface area (Å²) < 4.78 is 32.3. The van der Waals surface area contributed by atoms with Gasteiger partial charge in [-0.3, -0.25) is 9.69 Å². The average Bonchev–Trinajstić information content (AvgIpc) is 3.57. The van der Waals surface area contributed by atoms with Crippen molar-refractivity contribution in [1.82, 2.24) is 30.1 Å². The number of nitrogens with one attached hydrogen (secondary N) is 1. The van der Waals surface area contributed by atoms with Crippen LogP contribution in [0.3, 0.4) is 0 Å². The first-order valence-corrected chi connectivity index (χ1v) is 12.4. The highest BCUT2D eigenvalue weighted by molar-refractivity contribution is 5.83. The number of nitrogens with zero attached hydrogens (tertiary/aromatic N) is 5. The molecule has 0 spiro atoms. The molecule has 1 fully saturated rings. The molecule has 0 radical (unpaired) electrons. The third-order valence-corrected chi connectivity index (χ3v) is 6.68. The third-order valence-electron chi connectivity index (χ3n) is 6.68. The second-order valence-electron chi connectivity index (χ2n) is 9.39. The second-order valence-corrected chi connectivity index (χ2v) is 9.39. The molecule has 1 N–H and O–H groups in total. The van der Waals surface area contributed by atoms with Gasteiger partial charge in [-0.25, -0.2) is 9.07 Å². The van der Waals surface area contributed by atoms with Gasteiger partial charge in [0, 0.05) is 36.7 Å². The molecule has 2 aliphatic heterocycles. The van der Waals surface area contributed by atoms with Gasteiger partial charge >= 0.3 is 0 Å². The van der Waals surface area contributed by atoms with E-state index >= 15 is 0 Å². The largest absolute Gasteiger partial charge is 0.486 e. The van der Waals surface area contributed by atoms with Crippen LogP contribution in [0.1, 0.15) is 29.8 Å². The van der Waals surface area contributed by atoms with Crippen molar-refractivity contribution in [1.29, 1.82) is 0 Å². The summed E-state index contributed by atoms with van der Waals surface area (Å²) in [6, 6.07) is 11.9. The highest BCUT2D eigenvalue weighted by atomic mass is 19.1. The van der Waals surface area contributed by atoms with Crippen LogP contribution >= 0.6 is 0 Å². The van der Waals surface area contributed by atoms with Crippen LogP contribution in [-0.4, -0.2) is 62.6 Å². The number of hydrogen-bond acceptors (Lipinski definition) is 8. The SMILES string of the molecule is O=c1[nH]c2cc3c(cc2cc1CN(Cc1nnnn1Cc1ccc(F)cc1)C[C@@H]1CCCO1)OCCO3. The maximum atomic E-state index is 13.3. The van der Waals surface area contributed by atoms with Gasteiger partial charge in [-0.15, -0.1) is 5.10 Å². The molecule has 2 aliphatic rings. The average molecular weight is 507 g/mol. The number of aromatic amines is 1. The van der Waals surface area contributed by atoms with Crippen LogP contribution in [0.25, 0.3) is 10.9 Å². The fourth-order valence-electron chi connectivity index (χ4n) is 4.83. The van der Waals surface area contributed by atoms with Gasteiger partial charge < -0.3 is 19.2 Å². The summed E-state index contributed by atoms with van der Waals surface area (Å²) >= 11 is 0. The van der Waals surface area contributed by atoms with Crippen LogP contribution in [0.5, 0.6) is 11.5 Å². The number of benzene rings is 2. The number of rotatable bonds is 8. The van der Waals surface area contributed by atoms with Crippen LogP contribution < -0.4 is 15.0 Å². The summed E-state index contributed by atoms with van der Waals surface area (Å²) in [6.45, 7) is 3.60. The summed E-state index contributed by atoms with van der Waals surface area (Å²) in [7, 11) is 0. The zero-order chi connectivity index (χ0) is 25.2. The smallest absolute Gasteiger partial charge is 0.252 e. The Morgan fingerprint density at radius 1 is 1.05 bits per heavy atom. The maximum absolute atomic E-state index is 13.3. The van der Waals surface area contributed by atoms with Gasteiger partial charge in [0.15, 0.2) is 17.3 Å². The molecule has 2 aromatic heterocycles. The summed E-state index contributed by atoms with van der Waals surface area (Å²) in [4.78, 5) is 18.2. The van der Waals surface area contributed by atoms with Crippen LogP contribution in [-0.2, 0) is 24.4 Å². The van der Waals surface area contributed by atoms with Crippen molar-refractivity contribution in [2.45, 2.75) is 38.6 Å². The Morgan fingerprint density at radius 3 is 2.65 bits per heavy atom. The Hall–Kier alpha value is -3.83. The molecular formula is C26H27FN6O4. The molecule has 2 aromatic carbocycles. The van der Waals surface area contributed by atoms with E-state index in [9.17, 15) is 9.18 Å². The molecular weight excluding hydrogens is 479 g/mol. The van der Waals surface area contributed by atoms with Crippen molar-refractivity contribution in [2.75, 3.05) is 26.4 Å². The standard InChI is InChI=1S/C26H27FN6O4/c27-20-5-3-17(4-6-20)13-33-25(29-30-31-33)16-32(15-21-2-1-7-35-21)14-19-10-18-11-23-24(37-9-8-36-23)12-22(18)28-26(19)34/h3-6,10-12,21H,1-2,7-9,13-16H2,(H,28,34)/t21-/m0/s1. The lowest BCUT2D eigenvalue weighted by atomic mass is 10.1. The van der Waals surface area contributed by atoms with Crippen molar-refractivity contribution in [2.24, 2.45) is 0 Å². The maximum Gasteiger partial charge on any atom is 0.252 e. The van der Waals surface area contributed by atoms with E-state index in [0.717, 1.165) is 30.4 Å². The van der Waals surface area contributed by atoms with Crippen LogP contribution in [0.2, 0.25) is 0 Å². The van der Waals surface area contributed by atoms with E-state index in [1.54, 1.807) is 16.8 Å². The zero-order valence-electron chi connectivity index (χ0n) is 20.2. The van der Waals surface area contributed by atoms with E-state index in [-0.39, 0.29) is 17.5 Å². The van der Waals surface area contributed by atoms with Crippen molar-refractivity contribution in [3.05, 3.63) is 75.6 Å². The molecule has 1 saturated heterocycles. The lowest BCUT2D eigenvalue weighted by Crippen LogP contribution is -2.34. The minimum Gasteiger partial charge on any atom is -0.486 e. The number of halogens is 1. The van der Waals surface area contributed by atoms with Crippen molar-refractivity contribution in [3.8, 4) is 11.5 Å². The van der Waals surface area contributed by atoms with E-state index in [1.165, 1.54) is 12.1 Å². The first kappa shape index (κ1) is 23.6. The molecule has 0 aliphatic carbocycles. The molecule has 0 amide bonds. The molecule has 192 valence electrons. The van der Waals surface area contributed by atoms with Gasteiger partial charge in [0.1, 0.15) is 19.0 Å². The quantitative estimate of drug-likeness (QED) is 0.389. The molecule has 4 heterocycles. The molecule has 0 bridgehead atoms. The summed E-state index contributed by atoms with van der Waals surface area (Å²) in [5.74, 6) is 1.67. The number of pyridine rings is 1. The molecule has 11 heteroatoms. The summed E-state index contributed by atoms with van der Waals surface area (Å²) in [5.41, 5.74) is 2.06. The summed E-state index contributed by atoms with van der Waals surface area (Å²) in [5, 5.41) is 13.1. The molecule has 1 atom stereocenters. The molecule has 37 heavy (non-hydrogen) atoms. The number of fused-ring (bicyclic) bond motifs is 2. The highest BCUT2D eigenvalue weighted by Gasteiger charge is 2.23. The molecule has 4 aromatic rings. The van der Waals surface area contributed by atoms with Crippen molar-refractivity contribution < 1.29 is 18.6 Å². The van der Waals surface area contributed by atoms with E-state index in [4.69, 9.17) is 14.2 Å². The van der Waals surface area contributed by atoms with Crippen LogP contribution in [0, 0.1) is 5.82 Å². The van der Waals surface area contributed by atoms with E-state index in [0.29, 0.717) is 67.8 Å². The fourth-order valence-corrected chi connectivity index (χ4v) is 4.83. The predicted octanol–water partition coefficient (Wildman–Crippen LogP) is 2.65. The minimum absolute atomic E-state index is 0.0820. The van der Waals surface area contributed by atoms with Gasteiger partial charge in [-0.1, -0.05) is 12.1 Å².